The Labute approximate surface area is 151 Å². The molecule has 3 aromatic heterocycles. The third-order valence-electron chi connectivity index (χ3n) is 4.25. The molecule has 0 atom stereocenters. The Morgan fingerprint density at radius 3 is 2.72 bits per heavy atom. The molecule has 5 heteroatoms. The Kier molecular flexibility index (Phi) is 4.32. The molecule has 4 rings (SSSR count). The average molecular weight is 348 g/mol. The van der Waals surface area contributed by atoms with Gasteiger partial charge in [-0.05, 0) is 19.4 Å². The van der Waals surface area contributed by atoms with E-state index in [4.69, 9.17) is 9.97 Å². The van der Waals surface area contributed by atoms with E-state index in [9.17, 15) is 0 Å². The molecule has 0 saturated heterocycles. The van der Waals surface area contributed by atoms with Crippen molar-refractivity contribution in [3.05, 3.63) is 64.5 Å². The molecule has 0 amide bonds. The molecular formula is C20H20N4S. The van der Waals surface area contributed by atoms with Crippen LogP contribution in [0.15, 0.2) is 48.8 Å². The molecule has 0 spiro atoms. The van der Waals surface area contributed by atoms with Crippen LogP contribution in [0.1, 0.15) is 29.1 Å². The molecule has 0 unspecified atom stereocenters. The highest BCUT2D eigenvalue weighted by Crippen LogP contribution is 2.30. The van der Waals surface area contributed by atoms with Gasteiger partial charge in [-0.3, -0.25) is 4.98 Å². The summed E-state index contributed by atoms with van der Waals surface area (Å²) in [7, 11) is 0. The van der Waals surface area contributed by atoms with E-state index < -0.39 is 0 Å². The molecule has 4 aromatic rings. The van der Waals surface area contributed by atoms with Crippen LogP contribution < -0.4 is 0 Å². The van der Waals surface area contributed by atoms with Gasteiger partial charge in [0.2, 0.25) is 0 Å². The van der Waals surface area contributed by atoms with Crippen LogP contribution in [0.4, 0.5) is 0 Å². The highest BCUT2D eigenvalue weighted by molar-refractivity contribution is 7.12. The molecule has 0 bridgehead atoms. The summed E-state index contributed by atoms with van der Waals surface area (Å²) in [6, 6.07) is 12.5. The Bertz CT molecular complexity index is 1000. The van der Waals surface area contributed by atoms with Crippen LogP contribution in [-0.4, -0.2) is 19.5 Å². The number of aryl methyl sites for hydroxylation is 2. The Hall–Kier alpha value is -2.53. The van der Waals surface area contributed by atoms with Crippen LogP contribution in [0.2, 0.25) is 0 Å². The number of thiazole rings is 1. The molecule has 25 heavy (non-hydrogen) atoms. The number of hydrogen-bond donors (Lipinski definition) is 0. The van der Waals surface area contributed by atoms with Gasteiger partial charge < -0.3 is 4.57 Å². The van der Waals surface area contributed by atoms with Crippen molar-refractivity contribution in [1.29, 1.82) is 0 Å². The third kappa shape index (κ3) is 3.07. The first-order valence-electron chi connectivity index (χ1n) is 8.57. The fraction of sp³-hybridized carbons (Fsp3) is 0.250. The molecule has 3 heterocycles. The number of rotatable bonds is 5. The summed E-state index contributed by atoms with van der Waals surface area (Å²) in [5.74, 6) is 1.09. The first kappa shape index (κ1) is 16.0. The fourth-order valence-corrected chi connectivity index (χ4v) is 4.15. The monoisotopic (exact) mass is 348 g/mol. The van der Waals surface area contributed by atoms with Crippen molar-refractivity contribution in [2.24, 2.45) is 0 Å². The highest BCUT2D eigenvalue weighted by Gasteiger charge is 2.16. The number of fused-ring (bicyclic) bond motifs is 1. The predicted octanol–water partition coefficient (Wildman–Crippen LogP) is 4.86. The van der Waals surface area contributed by atoms with Crippen LogP contribution >= 0.6 is 11.3 Å². The lowest BCUT2D eigenvalue weighted by molar-refractivity contribution is 0.665. The Balaban J connectivity index is 1.79. The zero-order valence-corrected chi connectivity index (χ0v) is 15.3. The first-order valence-corrected chi connectivity index (χ1v) is 9.38. The number of benzene rings is 1. The topological polar surface area (TPSA) is 43.6 Å². The van der Waals surface area contributed by atoms with Crippen molar-refractivity contribution in [1.82, 2.24) is 19.5 Å². The maximum Gasteiger partial charge on any atom is 0.115 e. The van der Waals surface area contributed by atoms with E-state index in [0.29, 0.717) is 0 Å². The van der Waals surface area contributed by atoms with Gasteiger partial charge in [0.25, 0.3) is 0 Å². The van der Waals surface area contributed by atoms with E-state index in [2.05, 4.69) is 53.7 Å². The molecule has 1 aromatic carbocycles. The van der Waals surface area contributed by atoms with E-state index in [1.165, 1.54) is 10.4 Å². The fourth-order valence-electron chi connectivity index (χ4n) is 3.19. The van der Waals surface area contributed by atoms with Gasteiger partial charge in [0.15, 0.2) is 0 Å². The maximum atomic E-state index is 4.85. The van der Waals surface area contributed by atoms with Gasteiger partial charge in [-0.2, -0.15) is 0 Å². The van der Waals surface area contributed by atoms with Crippen LogP contribution in [0.25, 0.3) is 22.3 Å². The lowest BCUT2D eigenvalue weighted by Gasteiger charge is -2.08. The standard InChI is InChI=1S/C20H20N4S/c1-3-11-24-17-9-10-21-13-16(17)23-19(24)12-18-20(22-14(2)25-18)15-7-5-4-6-8-15/h4-10,13H,3,11-12H2,1-2H3. The SMILES string of the molecule is CCCn1c(Cc2sc(C)nc2-c2ccccc2)nc2cnccc21. The van der Waals surface area contributed by atoms with Gasteiger partial charge in [0.05, 0.1) is 22.4 Å². The van der Waals surface area contributed by atoms with E-state index in [0.717, 1.165) is 46.9 Å². The molecule has 0 aliphatic carbocycles. The molecule has 0 N–H and O–H groups in total. The van der Waals surface area contributed by atoms with Crippen LogP contribution in [0.5, 0.6) is 0 Å². The Morgan fingerprint density at radius 2 is 1.92 bits per heavy atom. The zero-order valence-electron chi connectivity index (χ0n) is 14.4. The van der Waals surface area contributed by atoms with Crippen LogP contribution in [-0.2, 0) is 13.0 Å². The van der Waals surface area contributed by atoms with Crippen molar-refractivity contribution in [3.63, 3.8) is 0 Å². The molecule has 0 radical (unpaired) electrons. The second-order valence-corrected chi connectivity index (χ2v) is 7.38. The summed E-state index contributed by atoms with van der Waals surface area (Å²) in [5, 5.41) is 1.09. The van der Waals surface area contributed by atoms with Gasteiger partial charge in [0.1, 0.15) is 11.3 Å². The van der Waals surface area contributed by atoms with E-state index in [1.807, 2.05) is 18.5 Å². The second-order valence-electron chi connectivity index (χ2n) is 6.09. The number of imidazole rings is 1. The van der Waals surface area contributed by atoms with Crippen molar-refractivity contribution >= 4 is 22.4 Å². The largest absolute Gasteiger partial charge is 0.328 e. The van der Waals surface area contributed by atoms with Crippen molar-refractivity contribution in [2.45, 2.75) is 33.2 Å². The van der Waals surface area contributed by atoms with Gasteiger partial charge >= 0.3 is 0 Å². The molecule has 0 aliphatic heterocycles. The highest BCUT2D eigenvalue weighted by atomic mass is 32.1. The number of nitrogens with zero attached hydrogens (tertiary/aromatic N) is 4. The van der Waals surface area contributed by atoms with Gasteiger partial charge in [-0.1, -0.05) is 37.3 Å². The third-order valence-corrected chi connectivity index (χ3v) is 5.22. The number of pyridine rings is 1. The van der Waals surface area contributed by atoms with E-state index in [1.54, 1.807) is 11.3 Å². The minimum Gasteiger partial charge on any atom is -0.328 e. The molecule has 0 aliphatic rings. The average Bonchev–Trinajstić information content (AvgIpc) is 3.17. The van der Waals surface area contributed by atoms with Crippen molar-refractivity contribution < 1.29 is 0 Å². The molecule has 126 valence electrons. The second kappa shape index (κ2) is 6.76. The molecule has 4 nitrogen and oxygen atoms in total. The molecular weight excluding hydrogens is 328 g/mol. The van der Waals surface area contributed by atoms with E-state index in [-0.39, 0.29) is 0 Å². The van der Waals surface area contributed by atoms with Crippen molar-refractivity contribution in [3.8, 4) is 11.3 Å². The lowest BCUT2D eigenvalue weighted by atomic mass is 10.1. The minimum atomic E-state index is 0.796. The summed E-state index contributed by atoms with van der Waals surface area (Å²) in [6.45, 7) is 5.23. The van der Waals surface area contributed by atoms with Crippen molar-refractivity contribution in [2.75, 3.05) is 0 Å². The number of aromatic nitrogens is 4. The Morgan fingerprint density at radius 1 is 1.08 bits per heavy atom. The maximum absolute atomic E-state index is 4.85. The lowest BCUT2D eigenvalue weighted by Crippen LogP contribution is -2.04. The van der Waals surface area contributed by atoms with Crippen LogP contribution in [0, 0.1) is 6.92 Å². The quantitative estimate of drug-likeness (QED) is 0.517. The molecule has 0 saturated carbocycles. The summed E-state index contributed by atoms with van der Waals surface area (Å²) >= 11 is 1.76. The minimum absolute atomic E-state index is 0.796. The van der Waals surface area contributed by atoms with E-state index >= 15 is 0 Å². The summed E-state index contributed by atoms with van der Waals surface area (Å²) in [4.78, 5) is 15.1. The summed E-state index contributed by atoms with van der Waals surface area (Å²) < 4.78 is 2.32. The predicted molar refractivity (Wildman–Crippen MR) is 103 cm³/mol. The van der Waals surface area contributed by atoms with Crippen LogP contribution in [0.3, 0.4) is 0 Å². The van der Waals surface area contributed by atoms with Gasteiger partial charge in [0, 0.05) is 29.6 Å². The smallest absolute Gasteiger partial charge is 0.115 e. The number of hydrogen-bond acceptors (Lipinski definition) is 4. The summed E-state index contributed by atoms with van der Waals surface area (Å²) in [6.07, 6.45) is 5.56. The van der Waals surface area contributed by atoms with Gasteiger partial charge in [-0.25, -0.2) is 9.97 Å². The van der Waals surface area contributed by atoms with Gasteiger partial charge in [-0.15, -0.1) is 11.3 Å². The normalized spacial score (nSPS) is 11.3. The molecule has 0 fully saturated rings. The summed E-state index contributed by atoms with van der Waals surface area (Å²) in [5.41, 5.74) is 4.38. The first-order chi connectivity index (χ1) is 12.3. The zero-order chi connectivity index (χ0) is 17.2.